The first-order valence-corrected chi connectivity index (χ1v) is 10.4. The van der Waals surface area contributed by atoms with Gasteiger partial charge in [0, 0.05) is 22.8 Å². The largest absolute Gasteiger partial charge is 0.492 e. The van der Waals surface area contributed by atoms with Crippen molar-refractivity contribution < 1.29 is 14.3 Å². The monoisotopic (exact) mass is 431 g/mol. The van der Waals surface area contributed by atoms with Crippen molar-refractivity contribution in [3.8, 4) is 5.75 Å². The lowest BCUT2D eigenvalue weighted by atomic mass is 10.0. The van der Waals surface area contributed by atoms with Crippen molar-refractivity contribution in [2.45, 2.75) is 26.3 Å². The van der Waals surface area contributed by atoms with E-state index in [1.54, 1.807) is 36.4 Å². The van der Waals surface area contributed by atoms with Gasteiger partial charge in [-0.25, -0.2) is 0 Å². The number of nitrogens with zero attached hydrogens (tertiary/aromatic N) is 1. The van der Waals surface area contributed by atoms with Crippen LogP contribution in [0.25, 0.3) is 0 Å². The molecule has 2 aromatic carbocycles. The number of halogens is 1. The molecular formula is C23H30ClN3O3. The smallest absolute Gasteiger partial charge is 0.251 e. The molecule has 2 N–H and O–H groups in total. The third kappa shape index (κ3) is 8.05. The van der Waals surface area contributed by atoms with E-state index >= 15 is 0 Å². The lowest BCUT2D eigenvalue weighted by molar-refractivity contribution is -0.118. The predicted octanol–water partition coefficient (Wildman–Crippen LogP) is 4.06. The van der Waals surface area contributed by atoms with Crippen LogP contribution in [0.5, 0.6) is 5.75 Å². The molecule has 1 unspecified atom stereocenters. The highest BCUT2D eigenvalue weighted by atomic mass is 35.5. The van der Waals surface area contributed by atoms with E-state index in [4.69, 9.17) is 16.3 Å². The van der Waals surface area contributed by atoms with E-state index in [0.717, 1.165) is 12.3 Å². The molecular weight excluding hydrogens is 402 g/mol. The number of anilines is 1. The molecule has 2 rings (SSSR count). The van der Waals surface area contributed by atoms with E-state index in [-0.39, 0.29) is 17.7 Å². The normalized spacial score (nSPS) is 12.0. The van der Waals surface area contributed by atoms with E-state index in [0.29, 0.717) is 29.3 Å². The van der Waals surface area contributed by atoms with Crippen LogP contribution in [-0.4, -0.2) is 50.0 Å². The van der Waals surface area contributed by atoms with Gasteiger partial charge in [-0.05, 0) is 75.0 Å². The number of likely N-dealkylation sites (N-methyl/N-ethyl adjacent to an activating group) is 1. The Morgan fingerprint density at radius 1 is 1.03 bits per heavy atom. The molecule has 162 valence electrons. The van der Waals surface area contributed by atoms with Gasteiger partial charge in [0.1, 0.15) is 18.4 Å². The molecule has 0 heterocycles. The number of amides is 2. The van der Waals surface area contributed by atoms with Gasteiger partial charge in [0.05, 0.1) is 0 Å². The number of benzene rings is 2. The molecule has 0 aliphatic carbocycles. The van der Waals surface area contributed by atoms with Crippen LogP contribution in [0.15, 0.2) is 48.5 Å². The third-order valence-corrected chi connectivity index (χ3v) is 4.62. The quantitative estimate of drug-likeness (QED) is 0.595. The fourth-order valence-electron chi connectivity index (χ4n) is 2.76. The maximum atomic E-state index is 12.8. The van der Waals surface area contributed by atoms with Gasteiger partial charge in [-0.15, -0.1) is 0 Å². The molecule has 2 amide bonds. The van der Waals surface area contributed by atoms with Gasteiger partial charge < -0.3 is 20.3 Å². The van der Waals surface area contributed by atoms with Gasteiger partial charge in [-0.2, -0.15) is 0 Å². The van der Waals surface area contributed by atoms with Gasteiger partial charge in [-0.3, -0.25) is 9.59 Å². The van der Waals surface area contributed by atoms with Crippen LogP contribution in [0, 0.1) is 5.92 Å². The molecule has 0 saturated carbocycles. The van der Waals surface area contributed by atoms with Gasteiger partial charge in [-0.1, -0.05) is 25.4 Å². The highest BCUT2D eigenvalue weighted by Crippen LogP contribution is 2.17. The Hall–Kier alpha value is -2.57. The first-order valence-electron chi connectivity index (χ1n) is 9.99. The summed E-state index contributed by atoms with van der Waals surface area (Å²) in [6.07, 6.45) is 0.525. The van der Waals surface area contributed by atoms with Crippen LogP contribution in [0.3, 0.4) is 0 Å². The summed E-state index contributed by atoms with van der Waals surface area (Å²) in [5.41, 5.74) is 1.11. The minimum Gasteiger partial charge on any atom is -0.492 e. The topological polar surface area (TPSA) is 70.7 Å². The van der Waals surface area contributed by atoms with Crippen LogP contribution >= 0.6 is 11.6 Å². The zero-order valence-corrected chi connectivity index (χ0v) is 18.7. The maximum absolute atomic E-state index is 12.8. The van der Waals surface area contributed by atoms with Crippen molar-refractivity contribution in [2.75, 3.05) is 32.6 Å². The zero-order valence-electron chi connectivity index (χ0n) is 17.9. The number of nitrogens with one attached hydrogen (secondary N) is 2. The summed E-state index contributed by atoms with van der Waals surface area (Å²) in [4.78, 5) is 27.4. The Bertz CT molecular complexity index is 821. The predicted molar refractivity (Wildman–Crippen MR) is 121 cm³/mol. The fourth-order valence-corrected chi connectivity index (χ4v) is 2.88. The van der Waals surface area contributed by atoms with Crippen LogP contribution in [-0.2, 0) is 4.79 Å². The molecule has 2 aromatic rings. The Morgan fingerprint density at radius 3 is 2.23 bits per heavy atom. The second-order valence-electron chi connectivity index (χ2n) is 7.83. The van der Waals surface area contributed by atoms with Crippen molar-refractivity contribution in [1.29, 1.82) is 0 Å². The highest BCUT2D eigenvalue weighted by molar-refractivity contribution is 6.30. The minimum atomic E-state index is -0.649. The van der Waals surface area contributed by atoms with Crippen LogP contribution < -0.4 is 15.4 Å². The highest BCUT2D eigenvalue weighted by Gasteiger charge is 2.22. The Balaban J connectivity index is 1.98. The molecule has 0 radical (unpaired) electrons. The standard InChI is InChI=1S/C23H30ClN3O3/c1-16(2)15-21(26-22(28)17-5-7-18(24)8-6-17)23(29)25-19-9-11-20(12-10-19)30-14-13-27(3)4/h5-12,16,21H,13-15H2,1-4H3,(H,25,29)(H,26,28). The first-order chi connectivity index (χ1) is 14.2. The molecule has 0 fully saturated rings. The number of carbonyl (C=O) groups excluding carboxylic acids is 2. The molecule has 0 spiro atoms. The summed E-state index contributed by atoms with van der Waals surface area (Å²) >= 11 is 5.88. The molecule has 0 aromatic heterocycles. The lowest BCUT2D eigenvalue weighted by Crippen LogP contribution is -2.44. The number of hydrogen-bond donors (Lipinski definition) is 2. The first kappa shape index (κ1) is 23.7. The average molecular weight is 432 g/mol. The molecule has 0 saturated heterocycles. The molecule has 0 aliphatic rings. The van der Waals surface area contributed by atoms with E-state index in [2.05, 4.69) is 10.6 Å². The SMILES string of the molecule is CC(C)CC(NC(=O)c1ccc(Cl)cc1)C(=O)Nc1ccc(OCCN(C)C)cc1. The van der Waals surface area contributed by atoms with E-state index in [9.17, 15) is 9.59 Å². The Labute approximate surface area is 183 Å². The second-order valence-corrected chi connectivity index (χ2v) is 8.26. The number of carbonyl (C=O) groups is 2. The molecule has 30 heavy (non-hydrogen) atoms. The second kappa shape index (κ2) is 11.6. The lowest BCUT2D eigenvalue weighted by Gasteiger charge is -2.20. The minimum absolute atomic E-state index is 0.235. The molecule has 0 bridgehead atoms. The van der Waals surface area contributed by atoms with Crippen molar-refractivity contribution >= 4 is 29.1 Å². The van der Waals surface area contributed by atoms with Crippen LogP contribution in [0.4, 0.5) is 5.69 Å². The molecule has 1 atom stereocenters. The van der Waals surface area contributed by atoms with Gasteiger partial charge >= 0.3 is 0 Å². The fraction of sp³-hybridized carbons (Fsp3) is 0.391. The molecule has 0 aliphatic heterocycles. The summed E-state index contributed by atoms with van der Waals surface area (Å²) in [6, 6.07) is 13.1. The van der Waals surface area contributed by atoms with Crippen LogP contribution in [0.2, 0.25) is 5.02 Å². The number of ether oxygens (including phenoxy) is 1. The summed E-state index contributed by atoms with van der Waals surface area (Å²) in [5, 5.41) is 6.26. The summed E-state index contributed by atoms with van der Waals surface area (Å²) < 4.78 is 5.67. The number of rotatable bonds is 10. The van der Waals surface area contributed by atoms with Crippen molar-refractivity contribution in [3.05, 3.63) is 59.1 Å². The number of hydrogen-bond acceptors (Lipinski definition) is 4. The van der Waals surface area contributed by atoms with Crippen molar-refractivity contribution in [1.82, 2.24) is 10.2 Å². The summed E-state index contributed by atoms with van der Waals surface area (Å²) in [7, 11) is 3.97. The zero-order chi connectivity index (χ0) is 22.1. The third-order valence-electron chi connectivity index (χ3n) is 4.36. The average Bonchev–Trinajstić information content (AvgIpc) is 2.68. The summed E-state index contributed by atoms with van der Waals surface area (Å²) in [5.74, 6) is 0.410. The van der Waals surface area contributed by atoms with Gasteiger partial charge in [0.15, 0.2) is 0 Å². The van der Waals surface area contributed by atoms with E-state index in [1.165, 1.54) is 0 Å². The van der Waals surface area contributed by atoms with Gasteiger partial charge in [0.25, 0.3) is 5.91 Å². The van der Waals surface area contributed by atoms with Crippen LogP contribution in [0.1, 0.15) is 30.6 Å². The Morgan fingerprint density at radius 2 is 1.67 bits per heavy atom. The maximum Gasteiger partial charge on any atom is 0.251 e. The van der Waals surface area contributed by atoms with E-state index in [1.807, 2.05) is 45.0 Å². The van der Waals surface area contributed by atoms with Crippen molar-refractivity contribution in [3.63, 3.8) is 0 Å². The molecule has 6 nitrogen and oxygen atoms in total. The summed E-state index contributed by atoms with van der Waals surface area (Å²) in [6.45, 7) is 5.43. The van der Waals surface area contributed by atoms with E-state index < -0.39 is 6.04 Å². The Kier molecular flexibility index (Phi) is 9.15. The molecule has 7 heteroatoms. The van der Waals surface area contributed by atoms with Crippen molar-refractivity contribution in [2.24, 2.45) is 5.92 Å². The van der Waals surface area contributed by atoms with Gasteiger partial charge in [0.2, 0.25) is 5.91 Å².